The summed E-state index contributed by atoms with van der Waals surface area (Å²) in [4.78, 5) is 0. The number of nitrogens with one attached hydrogen (secondary N) is 1. The van der Waals surface area contributed by atoms with Crippen LogP contribution in [0.15, 0.2) is 24.3 Å². The molecule has 0 saturated carbocycles. The van der Waals surface area contributed by atoms with Crippen LogP contribution < -0.4 is 5.32 Å². The van der Waals surface area contributed by atoms with Crippen LogP contribution in [0.2, 0.25) is 0 Å². The highest BCUT2D eigenvalue weighted by Crippen LogP contribution is 2.17. The molecule has 2 heteroatoms. The van der Waals surface area contributed by atoms with Crippen LogP contribution in [0.4, 0.5) is 0 Å². The van der Waals surface area contributed by atoms with Crippen LogP contribution in [-0.2, 0) is 4.74 Å². The van der Waals surface area contributed by atoms with Crippen molar-refractivity contribution >= 4 is 0 Å². The Bertz CT molecular complexity index is 312. The van der Waals surface area contributed by atoms with Crippen molar-refractivity contribution in [2.45, 2.75) is 39.2 Å². The lowest BCUT2D eigenvalue weighted by Gasteiger charge is -2.17. The molecule has 1 N–H and O–H groups in total. The number of hydrogen-bond donors (Lipinski definition) is 1. The maximum Gasteiger partial charge on any atom is 0.0484 e. The molecule has 0 spiro atoms. The molecule has 0 amide bonds. The largest absolute Gasteiger partial charge is 0.381 e. The van der Waals surface area contributed by atoms with Gasteiger partial charge in [-0.05, 0) is 32.4 Å². The van der Waals surface area contributed by atoms with Crippen LogP contribution in [-0.4, -0.2) is 20.3 Å². The van der Waals surface area contributed by atoms with Crippen LogP contribution in [0.1, 0.15) is 43.4 Å². The van der Waals surface area contributed by atoms with E-state index in [1.54, 1.807) is 0 Å². The predicted molar refractivity (Wildman–Crippen MR) is 73.3 cm³/mol. The molecule has 2 nitrogen and oxygen atoms in total. The Balaban J connectivity index is 2.38. The summed E-state index contributed by atoms with van der Waals surface area (Å²) in [6, 6.07) is 9.07. The van der Waals surface area contributed by atoms with Gasteiger partial charge in [0.25, 0.3) is 0 Å². The summed E-state index contributed by atoms with van der Waals surface area (Å²) in [6.45, 7) is 6.04. The third kappa shape index (κ3) is 5.33. The molecule has 96 valence electrons. The normalized spacial score (nSPS) is 12.6. The summed E-state index contributed by atoms with van der Waals surface area (Å²) < 4.78 is 5.62. The zero-order chi connectivity index (χ0) is 12.5. The summed E-state index contributed by atoms with van der Waals surface area (Å²) in [5.41, 5.74) is 2.67. The molecule has 0 aliphatic carbocycles. The van der Waals surface area contributed by atoms with E-state index in [1.807, 2.05) is 7.05 Å². The molecule has 1 aromatic rings. The minimum absolute atomic E-state index is 0.400. The summed E-state index contributed by atoms with van der Waals surface area (Å²) in [5.74, 6) is 0. The molecule has 1 aromatic carbocycles. The molecule has 0 heterocycles. The Morgan fingerprint density at radius 1 is 1.29 bits per heavy atom. The monoisotopic (exact) mass is 235 g/mol. The minimum atomic E-state index is 0.400. The lowest BCUT2D eigenvalue weighted by Crippen LogP contribution is -2.18. The number of rotatable bonds is 8. The topological polar surface area (TPSA) is 21.3 Å². The smallest absolute Gasteiger partial charge is 0.0484 e. The lowest BCUT2D eigenvalue weighted by atomic mass is 10.0. The molecule has 0 aliphatic heterocycles. The molecule has 1 rings (SSSR count). The van der Waals surface area contributed by atoms with E-state index >= 15 is 0 Å². The Morgan fingerprint density at radius 3 is 2.76 bits per heavy atom. The first kappa shape index (κ1) is 14.2. The highest BCUT2D eigenvalue weighted by Gasteiger charge is 2.08. The average Bonchev–Trinajstić information content (AvgIpc) is 2.34. The first-order chi connectivity index (χ1) is 8.27. The van der Waals surface area contributed by atoms with E-state index < -0.39 is 0 Å². The molecule has 0 aromatic heterocycles. The summed E-state index contributed by atoms with van der Waals surface area (Å²) >= 11 is 0. The number of aryl methyl sites for hydroxylation is 1. The van der Waals surface area contributed by atoms with E-state index in [4.69, 9.17) is 4.74 Å². The molecule has 1 atom stereocenters. The predicted octanol–water partition coefficient (Wildman–Crippen LogP) is 3.46. The molecule has 0 fully saturated rings. The van der Waals surface area contributed by atoms with Gasteiger partial charge in [0.1, 0.15) is 0 Å². The van der Waals surface area contributed by atoms with Gasteiger partial charge in [0.2, 0.25) is 0 Å². The second kappa shape index (κ2) is 8.26. The first-order valence-corrected chi connectivity index (χ1v) is 6.59. The van der Waals surface area contributed by atoms with Gasteiger partial charge in [-0.15, -0.1) is 0 Å². The van der Waals surface area contributed by atoms with E-state index in [2.05, 4.69) is 43.4 Å². The second-order valence-corrected chi connectivity index (χ2v) is 4.51. The van der Waals surface area contributed by atoms with E-state index in [9.17, 15) is 0 Å². The van der Waals surface area contributed by atoms with Gasteiger partial charge in [0.05, 0.1) is 0 Å². The molecule has 17 heavy (non-hydrogen) atoms. The zero-order valence-electron chi connectivity index (χ0n) is 11.3. The Hall–Kier alpha value is -0.860. The lowest BCUT2D eigenvalue weighted by molar-refractivity contribution is 0.122. The zero-order valence-corrected chi connectivity index (χ0v) is 11.3. The van der Waals surface area contributed by atoms with E-state index in [1.165, 1.54) is 17.5 Å². The number of benzene rings is 1. The molecule has 0 aliphatic rings. The van der Waals surface area contributed by atoms with Gasteiger partial charge in [-0.3, -0.25) is 0 Å². The van der Waals surface area contributed by atoms with Gasteiger partial charge in [-0.1, -0.05) is 43.2 Å². The third-order valence-corrected chi connectivity index (χ3v) is 2.99. The van der Waals surface area contributed by atoms with Crippen LogP contribution >= 0.6 is 0 Å². The van der Waals surface area contributed by atoms with Gasteiger partial charge in [-0.25, -0.2) is 0 Å². The quantitative estimate of drug-likeness (QED) is 0.697. The van der Waals surface area contributed by atoms with Crippen molar-refractivity contribution < 1.29 is 4.74 Å². The number of unbranched alkanes of at least 4 members (excludes halogenated alkanes) is 1. The molecular formula is C15H25NO. The maximum absolute atomic E-state index is 5.62. The third-order valence-electron chi connectivity index (χ3n) is 2.99. The average molecular weight is 235 g/mol. The van der Waals surface area contributed by atoms with Crippen molar-refractivity contribution in [3.63, 3.8) is 0 Å². The fraction of sp³-hybridized carbons (Fsp3) is 0.600. The van der Waals surface area contributed by atoms with Gasteiger partial charge in [0, 0.05) is 19.3 Å². The highest BCUT2D eigenvalue weighted by atomic mass is 16.5. The maximum atomic E-state index is 5.62. The van der Waals surface area contributed by atoms with E-state index in [0.717, 1.165) is 26.1 Å². The summed E-state index contributed by atoms with van der Waals surface area (Å²) in [6.07, 6.45) is 3.39. The van der Waals surface area contributed by atoms with E-state index in [0.29, 0.717) is 6.04 Å². The Labute approximate surface area is 105 Å². The van der Waals surface area contributed by atoms with Gasteiger partial charge >= 0.3 is 0 Å². The molecule has 0 saturated heterocycles. The molecular weight excluding hydrogens is 210 g/mol. The van der Waals surface area contributed by atoms with Crippen LogP contribution in [0.5, 0.6) is 0 Å². The van der Waals surface area contributed by atoms with Crippen molar-refractivity contribution in [1.82, 2.24) is 5.32 Å². The molecule has 0 bridgehead atoms. The van der Waals surface area contributed by atoms with Crippen molar-refractivity contribution in [1.29, 1.82) is 0 Å². The Morgan fingerprint density at radius 2 is 2.12 bits per heavy atom. The second-order valence-electron chi connectivity index (χ2n) is 4.51. The van der Waals surface area contributed by atoms with Gasteiger partial charge in [-0.2, -0.15) is 0 Å². The SMILES string of the molecule is CCCCOCCC(NC)c1cccc(C)c1. The Kier molecular flexibility index (Phi) is 6.90. The molecule has 0 radical (unpaired) electrons. The highest BCUT2D eigenvalue weighted by molar-refractivity contribution is 5.24. The van der Waals surface area contributed by atoms with Crippen LogP contribution in [0.3, 0.4) is 0 Å². The van der Waals surface area contributed by atoms with Crippen molar-refractivity contribution in [2.75, 3.05) is 20.3 Å². The molecule has 1 unspecified atom stereocenters. The van der Waals surface area contributed by atoms with Crippen molar-refractivity contribution in [2.24, 2.45) is 0 Å². The van der Waals surface area contributed by atoms with Gasteiger partial charge in [0.15, 0.2) is 0 Å². The van der Waals surface area contributed by atoms with Crippen molar-refractivity contribution in [3.05, 3.63) is 35.4 Å². The summed E-state index contributed by atoms with van der Waals surface area (Å²) in [7, 11) is 2.01. The van der Waals surface area contributed by atoms with Gasteiger partial charge < -0.3 is 10.1 Å². The number of ether oxygens (including phenoxy) is 1. The van der Waals surface area contributed by atoms with Crippen molar-refractivity contribution in [3.8, 4) is 0 Å². The van der Waals surface area contributed by atoms with Crippen LogP contribution in [0.25, 0.3) is 0 Å². The van der Waals surface area contributed by atoms with E-state index in [-0.39, 0.29) is 0 Å². The number of hydrogen-bond acceptors (Lipinski definition) is 2. The van der Waals surface area contributed by atoms with Crippen LogP contribution in [0, 0.1) is 6.92 Å². The fourth-order valence-corrected chi connectivity index (χ4v) is 1.91. The minimum Gasteiger partial charge on any atom is -0.381 e. The first-order valence-electron chi connectivity index (χ1n) is 6.59. The fourth-order valence-electron chi connectivity index (χ4n) is 1.91. The standard InChI is InChI=1S/C15H25NO/c1-4-5-10-17-11-9-15(16-3)14-8-6-7-13(2)12-14/h6-8,12,15-16H,4-5,9-11H2,1-3H3. The summed E-state index contributed by atoms with van der Waals surface area (Å²) in [5, 5.41) is 3.36.